The van der Waals surface area contributed by atoms with Crippen molar-refractivity contribution in [1.82, 2.24) is 10.1 Å². The van der Waals surface area contributed by atoms with Crippen LogP contribution in [0.1, 0.15) is 19.2 Å². The van der Waals surface area contributed by atoms with E-state index >= 15 is 0 Å². The van der Waals surface area contributed by atoms with Gasteiger partial charge in [0.1, 0.15) is 0 Å². The van der Waals surface area contributed by atoms with Gasteiger partial charge in [0.2, 0.25) is 11.6 Å². The molecule has 9 heteroatoms. The van der Waals surface area contributed by atoms with E-state index in [1.807, 2.05) is 0 Å². The van der Waals surface area contributed by atoms with Crippen LogP contribution in [0.3, 0.4) is 0 Å². The fourth-order valence-corrected chi connectivity index (χ4v) is 1.75. The summed E-state index contributed by atoms with van der Waals surface area (Å²) in [7, 11) is 1.43. The Bertz CT molecular complexity index is 723. The summed E-state index contributed by atoms with van der Waals surface area (Å²) in [4.78, 5) is 27.6. The zero-order valence-electron chi connectivity index (χ0n) is 12.2. The molecule has 0 N–H and O–H groups in total. The summed E-state index contributed by atoms with van der Waals surface area (Å²) >= 11 is 0. The maximum Gasteiger partial charge on any atom is 0.471 e. The molecule has 0 bridgehead atoms. The van der Waals surface area contributed by atoms with Gasteiger partial charge in [-0.3, -0.25) is 9.59 Å². The van der Waals surface area contributed by atoms with Gasteiger partial charge in [-0.25, -0.2) is 0 Å². The molecule has 0 fully saturated rings. The van der Waals surface area contributed by atoms with Crippen LogP contribution in [0.2, 0.25) is 0 Å². The van der Waals surface area contributed by atoms with Gasteiger partial charge in [0, 0.05) is 24.7 Å². The average molecular weight is 327 g/mol. The van der Waals surface area contributed by atoms with E-state index in [4.69, 9.17) is 0 Å². The third-order valence-electron chi connectivity index (χ3n) is 3.05. The van der Waals surface area contributed by atoms with Crippen LogP contribution in [0.15, 0.2) is 28.8 Å². The molecular formula is C14H12F3N3O3. The van der Waals surface area contributed by atoms with Crippen LogP contribution >= 0.6 is 0 Å². The van der Waals surface area contributed by atoms with Crippen molar-refractivity contribution >= 4 is 17.4 Å². The molecule has 2 rings (SSSR count). The van der Waals surface area contributed by atoms with Crippen molar-refractivity contribution in [2.45, 2.75) is 19.5 Å². The van der Waals surface area contributed by atoms with Gasteiger partial charge in [-0.1, -0.05) is 12.1 Å². The number of nitrogens with zero attached hydrogens (tertiary/aromatic N) is 3. The monoisotopic (exact) mass is 327 g/mol. The molecule has 0 saturated heterocycles. The molecule has 1 aromatic heterocycles. The van der Waals surface area contributed by atoms with Crippen molar-refractivity contribution < 1.29 is 27.3 Å². The molecule has 0 atom stereocenters. The van der Waals surface area contributed by atoms with Gasteiger partial charge in [0.25, 0.3) is 5.91 Å². The van der Waals surface area contributed by atoms with Crippen molar-refractivity contribution in [1.29, 1.82) is 0 Å². The number of likely N-dealkylation sites (N-methyl/N-ethyl adjacent to an activating group) is 1. The second kappa shape index (κ2) is 6.19. The topological polar surface area (TPSA) is 76.3 Å². The number of benzene rings is 1. The minimum atomic E-state index is -4.71. The van der Waals surface area contributed by atoms with E-state index in [0.29, 0.717) is 5.69 Å². The van der Waals surface area contributed by atoms with Gasteiger partial charge in [0.15, 0.2) is 0 Å². The summed E-state index contributed by atoms with van der Waals surface area (Å²) in [5.41, 5.74) is 0.704. The Hall–Kier alpha value is -2.71. The number of rotatable bonds is 4. The number of halogens is 3. The largest absolute Gasteiger partial charge is 0.471 e. The van der Waals surface area contributed by atoms with Crippen molar-refractivity contribution in [2.24, 2.45) is 0 Å². The van der Waals surface area contributed by atoms with Gasteiger partial charge >= 0.3 is 12.1 Å². The number of anilines is 1. The normalized spacial score (nSPS) is 11.3. The highest BCUT2D eigenvalue weighted by molar-refractivity contribution is 6.41. The van der Waals surface area contributed by atoms with Gasteiger partial charge in [0.05, 0.1) is 0 Å². The standard InChI is InChI=1S/C14H12F3N3O3/c1-3-10(21)12(22)20(2)9-6-4-8(5-7-9)11-18-13(23-19-11)14(15,16)17/h4-7H,3H2,1-2H3. The number of ketones is 1. The van der Waals surface area contributed by atoms with Crippen LogP contribution in [-0.4, -0.2) is 28.9 Å². The highest BCUT2D eigenvalue weighted by atomic mass is 19.4. The number of aromatic nitrogens is 2. The predicted molar refractivity (Wildman–Crippen MR) is 73.4 cm³/mol. The second-order valence-corrected chi connectivity index (χ2v) is 4.61. The Morgan fingerprint density at radius 1 is 1.22 bits per heavy atom. The fraction of sp³-hybridized carbons (Fsp3) is 0.286. The zero-order valence-corrected chi connectivity index (χ0v) is 12.2. The molecule has 122 valence electrons. The number of hydrogen-bond acceptors (Lipinski definition) is 5. The molecule has 0 aliphatic heterocycles. The first-order valence-electron chi connectivity index (χ1n) is 6.56. The van der Waals surface area contributed by atoms with E-state index in [9.17, 15) is 22.8 Å². The first-order valence-corrected chi connectivity index (χ1v) is 6.56. The summed E-state index contributed by atoms with van der Waals surface area (Å²) in [5, 5.41) is 3.26. The van der Waals surface area contributed by atoms with Crippen LogP contribution in [0.25, 0.3) is 11.4 Å². The van der Waals surface area contributed by atoms with Crippen LogP contribution in [0.4, 0.5) is 18.9 Å². The lowest BCUT2D eigenvalue weighted by molar-refractivity contribution is -0.159. The zero-order chi connectivity index (χ0) is 17.2. The molecular weight excluding hydrogens is 315 g/mol. The molecule has 0 unspecified atom stereocenters. The average Bonchev–Trinajstić information content (AvgIpc) is 3.03. The third kappa shape index (κ3) is 3.55. The Kier molecular flexibility index (Phi) is 4.48. The molecule has 0 aliphatic rings. The van der Waals surface area contributed by atoms with E-state index in [2.05, 4.69) is 14.7 Å². The Morgan fingerprint density at radius 2 is 1.83 bits per heavy atom. The smallest absolute Gasteiger partial charge is 0.329 e. The minimum Gasteiger partial charge on any atom is -0.329 e. The first kappa shape index (κ1) is 16.7. The summed E-state index contributed by atoms with van der Waals surface area (Å²) in [5.74, 6) is -2.86. The molecule has 1 amide bonds. The lowest BCUT2D eigenvalue weighted by Crippen LogP contribution is -2.32. The molecule has 1 aromatic carbocycles. The molecule has 0 spiro atoms. The van der Waals surface area contributed by atoms with Crippen LogP contribution in [-0.2, 0) is 15.8 Å². The maximum atomic E-state index is 12.4. The summed E-state index contributed by atoms with van der Waals surface area (Å²) < 4.78 is 41.4. The van der Waals surface area contributed by atoms with Crippen LogP contribution in [0, 0.1) is 0 Å². The van der Waals surface area contributed by atoms with E-state index in [-0.39, 0.29) is 17.8 Å². The summed E-state index contributed by atoms with van der Waals surface area (Å²) in [6, 6.07) is 5.81. The van der Waals surface area contributed by atoms with Crippen molar-refractivity contribution in [3.05, 3.63) is 30.2 Å². The van der Waals surface area contributed by atoms with Gasteiger partial charge < -0.3 is 9.42 Å². The lowest BCUT2D eigenvalue weighted by atomic mass is 10.1. The van der Waals surface area contributed by atoms with E-state index < -0.39 is 23.8 Å². The third-order valence-corrected chi connectivity index (χ3v) is 3.05. The first-order chi connectivity index (χ1) is 10.7. The maximum absolute atomic E-state index is 12.4. The van der Waals surface area contributed by atoms with Crippen molar-refractivity contribution in [3.63, 3.8) is 0 Å². The molecule has 0 saturated carbocycles. The van der Waals surface area contributed by atoms with E-state index in [1.54, 1.807) is 6.92 Å². The number of amides is 1. The van der Waals surface area contributed by atoms with Gasteiger partial charge in [-0.05, 0) is 24.3 Å². The molecule has 0 aliphatic carbocycles. The molecule has 0 radical (unpaired) electrons. The number of carbonyl (C=O) groups is 2. The number of alkyl halides is 3. The van der Waals surface area contributed by atoms with Gasteiger partial charge in [-0.2, -0.15) is 18.2 Å². The van der Waals surface area contributed by atoms with Crippen LogP contribution < -0.4 is 4.90 Å². The fourth-order valence-electron chi connectivity index (χ4n) is 1.75. The molecule has 6 nitrogen and oxygen atoms in total. The van der Waals surface area contributed by atoms with Crippen molar-refractivity contribution in [3.8, 4) is 11.4 Å². The Morgan fingerprint density at radius 3 is 2.30 bits per heavy atom. The second-order valence-electron chi connectivity index (χ2n) is 4.61. The number of hydrogen-bond donors (Lipinski definition) is 0. The van der Waals surface area contributed by atoms with Crippen LogP contribution in [0.5, 0.6) is 0 Å². The minimum absolute atomic E-state index is 0.0876. The predicted octanol–water partition coefficient (Wildman–Crippen LogP) is 2.70. The van der Waals surface area contributed by atoms with Gasteiger partial charge in [-0.15, -0.1) is 0 Å². The highest BCUT2D eigenvalue weighted by Gasteiger charge is 2.38. The summed E-state index contributed by atoms with van der Waals surface area (Å²) in [6.07, 6.45) is -4.62. The molecule has 23 heavy (non-hydrogen) atoms. The SMILES string of the molecule is CCC(=O)C(=O)N(C)c1ccc(-c2noc(C(F)(F)F)n2)cc1. The quantitative estimate of drug-likeness (QED) is 0.807. The number of Topliss-reactive ketones (excluding diaryl/α,β-unsaturated/α-hetero) is 1. The highest BCUT2D eigenvalue weighted by Crippen LogP contribution is 2.29. The molecule has 2 aromatic rings. The lowest BCUT2D eigenvalue weighted by Gasteiger charge is -2.16. The Labute approximate surface area is 128 Å². The Balaban J connectivity index is 2.21. The van der Waals surface area contributed by atoms with E-state index in [1.165, 1.54) is 31.3 Å². The van der Waals surface area contributed by atoms with Crippen molar-refractivity contribution in [2.75, 3.05) is 11.9 Å². The van der Waals surface area contributed by atoms with E-state index in [0.717, 1.165) is 4.90 Å². The summed E-state index contributed by atoms with van der Waals surface area (Å²) in [6.45, 7) is 1.58. The number of carbonyl (C=O) groups excluding carboxylic acids is 2. The molecule has 1 heterocycles.